The highest BCUT2D eigenvalue weighted by atomic mass is 35.5. The molecule has 0 spiro atoms. The van der Waals surface area contributed by atoms with E-state index in [-0.39, 0.29) is 0 Å². The van der Waals surface area contributed by atoms with Gasteiger partial charge in [0, 0.05) is 27.6 Å². The van der Waals surface area contributed by atoms with Crippen LogP contribution in [0.15, 0.2) is 82.6 Å². The van der Waals surface area contributed by atoms with Gasteiger partial charge >= 0.3 is 5.69 Å². The smallest absolute Gasteiger partial charge is 0.333 e. The molecule has 3 aromatic carbocycles. The Labute approximate surface area is 181 Å². The van der Waals surface area contributed by atoms with Crippen molar-refractivity contribution in [1.29, 1.82) is 0 Å². The second kappa shape index (κ2) is 7.41. The third-order valence-electron chi connectivity index (χ3n) is 5.27. The molecule has 5 aromatic rings. The van der Waals surface area contributed by atoms with E-state index in [1.165, 1.54) is 6.20 Å². The summed E-state index contributed by atoms with van der Waals surface area (Å²) in [4.78, 5) is 33.2. The molecule has 0 fully saturated rings. The predicted molar refractivity (Wildman–Crippen MR) is 122 cm³/mol. The summed E-state index contributed by atoms with van der Waals surface area (Å²) >= 11 is 6.36. The van der Waals surface area contributed by atoms with E-state index in [4.69, 9.17) is 16.3 Å². The van der Waals surface area contributed by atoms with Crippen LogP contribution in [0.3, 0.4) is 0 Å². The fourth-order valence-corrected chi connectivity index (χ4v) is 3.96. The second-order valence-electron chi connectivity index (χ2n) is 7.06. The number of aromatic nitrogens is 3. The molecular formula is C24H16ClN3O3. The van der Waals surface area contributed by atoms with Gasteiger partial charge in [-0.05, 0) is 35.9 Å². The Morgan fingerprint density at radius 2 is 1.81 bits per heavy atom. The number of methoxy groups -OCH3 is 1. The second-order valence-corrected chi connectivity index (χ2v) is 7.46. The third-order valence-corrected chi connectivity index (χ3v) is 5.60. The van der Waals surface area contributed by atoms with Crippen LogP contribution in [0.2, 0.25) is 5.02 Å². The highest BCUT2D eigenvalue weighted by Crippen LogP contribution is 2.32. The number of ether oxygens (including phenoxy) is 1. The zero-order valence-corrected chi connectivity index (χ0v) is 17.2. The Kier molecular flexibility index (Phi) is 4.56. The lowest BCUT2D eigenvalue weighted by atomic mass is 10.0. The molecule has 0 saturated heterocycles. The molecule has 2 heterocycles. The van der Waals surface area contributed by atoms with Gasteiger partial charge in [-0.2, -0.15) is 0 Å². The molecule has 2 aromatic heterocycles. The first-order chi connectivity index (χ1) is 15.1. The summed E-state index contributed by atoms with van der Waals surface area (Å²) < 4.78 is 6.40. The van der Waals surface area contributed by atoms with E-state index in [1.54, 1.807) is 43.6 Å². The molecule has 0 radical (unpaired) electrons. The first kappa shape index (κ1) is 19.1. The van der Waals surface area contributed by atoms with Gasteiger partial charge in [0.05, 0.1) is 29.9 Å². The number of hydrogen-bond donors (Lipinski definition) is 1. The van der Waals surface area contributed by atoms with Crippen LogP contribution >= 0.6 is 11.6 Å². The van der Waals surface area contributed by atoms with Crippen molar-refractivity contribution >= 4 is 33.3 Å². The van der Waals surface area contributed by atoms with E-state index in [1.807, 2.05) is 30.3 Å². The minimum atomic E-state index is -0.537. The number of rotatable bonds is 3. The van der Waals surface area contributed by atoms with Crippen LogP contribution in [-0.2, 0) is 0 Å². The molecule has 0 saturated carbocycles. The van der Waals surface area contributed by atoms with Gasteiger partial charge < -0.3 is 9.72 Å². The summed E-state index contributed by atoms with van der Waals surface area (Å²) in [6.45, 7) is 0. The maximum absolute atomic E-state index is 13.3. The molecule has 152 valence electrons. The van der Waals surface area contributed by atoms with Crippen molar-refractivity contribution in [1.82, 2.24) is 14.5 Å². The molecule has 0 amide bonds. The van der Waals surface area contributed by atoms with E-state index >= 15 is 0 Å². The van der Waals surface area contributed by atoms with Crippen LogP contribution in [0.1, 0.15) is 0 Å². The molecular weight excluding hydrogens is 414 g/mol. The number of hydrogen-bond acceptors (Lipinski definition) is 4. The lowest BCUT2D eigenvalue weighted by molar-refractivity contribution is 0.415. The molecule has 0 aliphatic heterocycles. The number of fused-ring (bicyclic) bond motifs is 2. The SMILES string of the molecule is COc1ccc(Cl)c(-c2ccc3c(=O)n(-c4cncc5ccccc45)c(=O)[nH]c3c2)c1. The summed E-state index contributed by atoms with van der Waals surface area (Å²) in [5, 5.41) is 2.53. The molecule has 31 heavy (non-hydrogen) atoms. The van der Waals surface area contributed by atoms with Gasteiger partial charge in [0.25, 0.3) is 5.56 Å². The van der Waals surface area contributed by atoms with Gasteiger partial charge in [-0.25, -0.2) is 9.36 Å². The number of pyridine rings is 1. The van der Waals surface area contributed by atoms with Crippen molar-refractivity contribution < 1.29 is 4.74 Å². The minimum Gasteiger partial charge on any atom is -0.497 e. The average Bonchev–Trinajstić information content (AvgIpc) is 2.79. The van der Waals surface area contributed by atoms with Crippen LogP contribution in [0.25, 0.3) is 38.5 Å². The number of nitrogens with zero attached hydrogens (tertiary/aromatic N) is 2. The zero-order valence-electron chi connectivity index (χ0n) is 16.4. The molecule has 0 unspecified atom stereocenters. The Balaban J connectivity index is 1.74. The number of benzene rings is 3. The van der Waals surface area contributed by atoms with Gasteiger partial charge in [-0.3, -0.25) is 9.78 Å². The highest BCUT2D eigenvalue weighted by Gasteiger charge is 2.14. The van der Waals surface area contributed by atoms with Crippen LogP contribution in [-0.4, -0.2) is 21.6 Å². The van der Waals surface area contributed by atoms with Crippen molar-refractivity contribution in [2.24, 2.45) is 0 Å². The molecule has 7 heteroatoms. The van der Waals surface area contributed by atoms with Crippen LogP contribution in [0.5, 0.6) is 5.75 Å². The maximum Gasteiger partial charge on any atom is 0.333 e. The number of aromatic amines is 1. The molecule has 0 aliphatic carbocycles. The van der Waals surface area contributed by atoms with Gasteiger partial charge in [0.15, 0.2) is 0 Å². The number of H-pyrrole nitrogens is 1. The summed E-state index contributed by atoms with van der Waals surface area (Å²) in [5.74, 6) is 0.659. The highest BCUT2D eigenvalue weighted by molar-refractivity contribution is 6.33. The van der Waals surface area contributed by atoms with Crippen molar-refractivity contribution in [2.45, 2.75) is 0 Å². The molecule has 1 N–H and O–H groups in total. The fraction of sp³-hybridized carbons (Fsp3) is 0.0417. The van der Waals surface area contributed by atoms with Crippen LogP contribution in [0.4, 0.5) is 0 Å². The topological polar surface area (TPSA) is 77.0 Å². The monoisotopic (exact) mass is 429 g/mol. The third kappa shape index (κ3) is 3.17. The first-order valence-electron chi connectivity index (χ1n) is 9.53. The van der Waals surface area contributed by atoms with E-state index < -0.39 is 11.2 Å². The molecule has 0 aliphatic rings. The largest absolute Gasteiger partial charge is 0.497 e. The van der Waals surface area contributed by atoms with Crippen LogP contribution in [0, 0.1) is 0 Å². The normalized spacial score (nSPS) is 11.2. The minimum absolute atomic E-state index is 0.385. The van der Waals surface area contributed by atoms with Gasteiger partial charge in [0.1, 0.15) is 5.75 Å². The van der Waals surface area contributed by atoms with Crippen molar-refractivity contribution in [3.63, 3.8) is 0 Å². The maximum atomic E-state index is 13.3. The van der Waals surface area contributed by atoms with E-state index in [9.17, 15) is 9.59 Å². The average molecular weight is 430 g/mol. The molecule has 0 atom stereocenters. The zero-order chi connectivity index (χ0) is 21.5. The number of halogens is 1. The van der Waals surface area contributed by atoms with E-state index in [0.717, 1.165) is 26.5 Å². The Morgan fingerprint density at radius 1 is 0.968 bits per heavy atom. The first-order valence-corrected chi connectivity index (χ1v) is 9.91. The Bertz CT molecular complexity index is 1580. The summed E-state index contributed by atoms with van der Waals surface area (Å²) in [7, 11) is 1.58. The van der Waals surface area contributed by atoms with Crippen molar-refractivity contribution in [3.8, 4) is 22.6 Å². The standard InChI is InChI=1S/C24H16ClN3O3/c1-31-16-7-9-20(25)19(11-16)14-6-8-18-21(10-14)27-24(30)28(23(18)29)22-13-26-12-15-4-2-3-5-17(15)22/h2-13H,1H3,(H,27,30). The van der Waals surface area contributed by atoms with Gasteiger partial charge in [0.2, 0.25) is 0 Å². The Hall–Kier alpha value is -3.90. The Morgan fingerprint density at radius 3 is 2.65 bits per heavy atom. The van der Waals surface area contributed by atoms with E-state index in [2.05, 4.69) is 9.97 Å². The van der Waals surface area contributed by atoms with Crippen molar-refractivity contribution in [3.05, 3.63) is 98.9 Å². The van der Waals surface area contributed by atoms with Crippen LogP contribution < -0.4 is 16.0 Å². The molecule has 6 nitrogen and oxygen atoms in total. The van der Waals surface area contributed by atoms with Crippen molar-refractivity contribution in [2.75, 3.05) is 7.11 Å². The fourth-order valence-electron chi connectivity index (χ4n) is 3.74. The summed E-state index contributed by atoms with van der Waals surface area (Å²) in [6.07, 6.45) is 3.22. The quantitative estimate of drug-likeness (QED) is 0.456. The predicted octanol–water partition coefficient (Wildman–Crippen LogP) is 4.56. The summed E-state index contributed by atoms with van der Waals surface area (Å²) in [5.41, 5.74) is 1.41. The van der Waals surface area contributed by atoms with Gasteiger partial charge in [-0.1, -0.05) is 41.9 Å². The molecule has 5 rings (SSSR count). The lowest BCUT2D eigenvalue weighted by Gasteiger charge is -2.11. The molecule has 0 bridgehead atoms. The van der Waals surface area contributed by atoms with Gasteiger partial charge in [-0.15, -0.1) is 0 Å². The van der Waals surface area contributed by atoms with E-state index in [0.29, 0.717) is 27.4 Å². The lowest BCUT2D eigenvalue weighted by Crippen LogP contribution is -2.33. The number of nitrogens with one attached hydrogen (secondary N) is 1. The summed E-state index contributed by atoms with van der Waals surface area (Å²) in [6, 6.07) is 18.0.